The van der Waals surface area contributed by atoms with Gasteiger partial charge < -0.3 is 10.2 Å². The Balaban J connectivity index is 1.90. The molecular weight excluding hydrogens is 282 g/mol. The third kappa shape index (κ3) is 4.83. The van der Waals surface area contributed by atoms with Gasteiger partial charge in [0.25, 0.3) is 0 Å². The van der Waals surface area contributed by atoms with Crippen LogP contribution in [-0.4, -0.2) is 72.1 Å². The number of nitrogens with one attached hydrogen (secondary N) is 1. The Morgan fingerprint density at radius 2 is 1.90 bits per heavy atom. The molecule has 0 aromatic carbocycles. The van der Waals surface area contributed by atoms with Gasteiger partial charge in [-0.1, -0.05) is 13.8 Å². The van der Waals surface area contributed by atoms with E-state index < -0.39 is 0 Å². The van der Waals surface area contributed by atoms with E-state index in [2.05, 4.69) is 46.2 Å². The van der Waals surface area contributed by atoms with Crippen LogP contribution in [0.1, 0.15) is 13.8 Å². The summed E-state index contributed by atoms with van der Waals surface area (Å²) < 4.78 is 0. The van der Waals surface area contributed by atoms with Gasteiger partial charge in [0.15, 0.2) is 0 Å². The van der Waals surface area contributed by atoms with Gasteiger partial charge in [0, 0.05) is 38.8 Å². The lowest BCUT2D eigenvalue weighted by Crippen LogP contribution is -2.52. The molecule has 0 aliphatic carbocycles. The van der Waals surface area contributed by atoms with Crippen LogP contribution in [0, 0.1) is 5.92 Å². The number of hydrogen-bond acceptors (Lipinski definition) is 6. The summed E-state index contributed by atoms with van der Waals surface area (Å²) in [5.74, 6) is 1.49. The molecule has 5 nitrogen and oxygen atoms in total. The third-order valence-corrected chi connectivity index (χ3v) is 4.75. The van der Waals surface area contributed by atoms with E-state index in [0.29, 0.717) is 12.0 Å². The molecule has 118 valence electrons. The van der Waals surface area contributed by atoms with Gasteiger partial charge in [-0.05, 0) is 31.4 Å². The molecule has 1 saturated heterocycles. The average Bonchev–Trinajstić information content (AvgIpc) is 2.49. The number of hydrogen-bond donors (Lipinski definition) is 1. The standard InChI is InChI=1S/C15H27N5S/c1-12(2)13(20-9-7-19(3)8-10-20)11-16-14-5-6-15(21-4)18-17-14/h5-6,12-13H,7-11H2,1-4H3,(H,16,17)/t13-/m1/s1. The predicted molar refractivity (Wildman–Crippen MR) is 90.0 cm³/mol. The van der Waals surface area contributed by atoms with E-state index in [9.17, 15) is 0 Å². The van der Waals surface area contributed by atoms with Crippen LogP contribution in [0.25, 0.3) is 0 Å². The van der Waals surface area contributed by atoms with Crippen molar-refractivity contribution in [2.24, 2.45) is 5.92 Å². The molecule has 2 heterocycles. The van der Waals surface area contributed by atoms with Crippen molar-refractivity contribution < 1.29 is 0 Å². The van der Waals surface area contributed by atoms with Gasteiger partial charge in [-0.3, -0.25) is 4.90 Å². The minimum atomic E-state index is 0.542. The van der Waals surface area contributed by atoms with Crippen LogP contribution in [0.4, 0.5) is 5.82 Å². The molecule has 1 atom stereocenters. The van der Waals surface area contributed by atoms with Crippen molar-refractivity contribution in [2.75, 3.05) is 51.3 Å². The number of anilines is 1. The highest BCUT2D eigenvalue weighted by Gasteiger charge is 2.24. The summed E-state index contributed by atoms with van der Waals surface area (Å²) in [7, 11) is 2.20. The normalized spacial score (nSPS) is 18.9. The van der Waals surface area contributed by atoms with Crippen molar-refractivity contribution in [3.05, 3.63) is 12.1 Å². The van der Waals surface area contributed by atoms with Crippen LogP contribution in [-0.2, 0) is 0 Å². The second-order valence-electron chi connectivity index (χ2n) is 5.99. The molecular formula is C15H27N5S. The van der Waals surface area contributed by atoms with E-state index in [-0.39, 0.29) is 0 Å². The Hall–Kier alpha value is -0.850. The molecule has 0 amide bonds. The summed E-state index contributed by atoms with van der Waals surface area (Å²) in [5.41, 5.74) is 0. The summed E-state index contributed by atoms with van der Waals surface area (Å²) in [6, 6.07) is 4.57. The molecule has 0 unspecified atom stereocenters. The van der Waals surface area contributed by atoms with Crippen LogP contribution >= 0.6 is 11.8 Å². The summed E-state index contributed by atoms with van der Waals surface area (Å²) in [4.78, 5) is 5.00. The van der Waals surface area contributed by atoms with Crippen molar-refractivity contribution in [3.63, 3.8) is 0 Å². The van der Waals surface area contributed by atoms with E-state index in [1.165, 1.54) is 0 Å². The van der Waals surface area contributed by atoms with Crippen molar-refractivity contribution in [3.8, 4) is 0 Å². The Labute approximate surface area is 132 Å². The van der Waals surface area contributed by atoms with Gasteiger partial charge in [0.1, 0.15) is 10.8 Å². The summed E-state index contributed by atoms with van der Waals surface area (Å²) in [6.07, 6.45) is 2.01. The molecule has 0 saturated carbocycles. The minimum absolute atomic E-state index is 0.542. The lowest BCUT2D eigenvalue weighted by Gasteiger charge is -2.40. The smallest absolute Gasteiger partial charge is 0.148 e. The summed E-state index contributed by atoms with van der Waals surface area (Å²) in [6.45, 7) is 10.1. The average molecular weight is 309 g/mol. The van der Waals surface area contributed by atoms with E-state index in [1.54, 1.807) is 11.8 Å². The van der Waals surface area contributed by atoms with Crippen LogP contribution in [0.3, 0.4) is 0 Å². The van der Waals surface area contributed by atoms with E-state index >= 15 is 0 Å². The Morgan fingerprint density at radius 3 is 2.43 bits per heavy atom. The maximum atomic E-state index is 4.23. The number of rotatable bonds is 6. The summed E-state index contributed by atoms with van der Waals surface area (Å²) >= 11 is 1.62. The molecule has 2 rings (SSSR count). The molecule has 0 spiro atoms. The van der Waals surface area contributed by atoms with Crippen molar-refractivity contribution >= 4 is 17.6 Å². The molecule has 1 aliphatic rings. The van der Waals surface area contributed by atoms with Crippen LogP contribution in [0.15, 0.2) is 17.2 Å². The second kappa shape index (κ2) is 7.96. The number of piperazine rings is 1. The zero-order valence-electron chi connectivity index (χ0n) is 13.5. The third-order valence-electron chi connectivity index (χ3n) is 4.12. The van der Waals surface area contributed by atoms with Crippen molar-refractivity contribution in [1.29, 1.82) is 0 Å². The summed E-state index contributed by atoms with van der Waals surface area (Å²) in [5, 5.41) is 12.8. The van der Waals surface area contributed by atoms with Gasteiger partial charge in [-0.25, -0.2) is 0 Å². The van der Waals surface area contributed by atoms with Gasteiger partial charge in [0.05, 0.1) is 0 Å². The Morgan fingerprint density at radius 1 is 1.19 bits per heavy atom. The lowest BCUT2D eigenvalue weighted by molar-refractivity contribution is 0.0944. The topological polar surface area (TPSA) is 44.3 Å². The van der Waals surface area contributed by atoms with E-state index in [1.807, 2.05) is 18.4 Å². The van der Waals surface area contributed by atoms with Crippen LogP contribution in [0.2, 0.25) is 0 Å². The number of likely N-dealkylation sites (N-methyl/N-ethyl adjacent to an activating group) is 1. The highest BCUT2D eigenvalue weighted by molar-refractivity contribution is 7.98. The second-order valence-corrected chi connectivity index (χ2v) is 6.82. The zero-order valence-corrected chi connectivity index (χ0v) is 14.4. The molecule has 1 aromatic rings. The molecule has 1 aliphatic heterocycles. The fraction of sp³-hybridized carbons (Fsp3) is 0.733. The molecule has 1 N–H and O–H groups in total. The first-order valence-electron chi connectivity index (χ1n) is 7.64. The highest BCUT2D eigenvalue weighted by atomic mass is 32.2. The Kier molecular flexibility index (Phi) is 6.26. The molecule has 0 radical (unpaired) electrons. The van der Waals surface area contributed by atoms with E-state index in [0.717, 1.165) is 43.6 Å². The molecule has 1 fully saturated rings. The number of aromatic nitrogens is 2. The number of thioether (sulfide) groups is 1. The highest BCUT2D eigenvalue weighted by Crippen LogP contribution is 2.15. The lowest BCUT2D eigenvalue weighted by atomic mass is 10.0. The van der Waals surface area contributed by atoms with Crippen molar-refractivity contribution in [1.82, 2.24) is 20.0 Å². The molecule has 0 bridgehead atoms. The predicted octanol–water partition coefficient (Wildman–Crippen LogP) is 1.88. The first kappa shape index (κ1) is 16.5. The largest absolute Gasteiger partial charge is 0.367 e. The van der Waals surface area contributed by atoms with Crippen LogP contribution in [0.5, 0.6) is 0 Å². The fourth-order valence-corrected chi connectivity index (χ4v) is 3.00. The monoisotopic (exact) mass is 309 g/mol. The SMILES string of the molecule is CSc1ccc(NC[C@H](C(C)C)N2CCN(C)CC2)nn1. The first-order chi connectivity index (χ1) is 10.1. The zero-order chi connectivity index (χ0) is 15.2. The Bertz CT molecular complexity index is 415. The van der Waals surface area contributed by atoms with Gasteiger partial charge >= 0.3 is 0 Å². The molecule has 21 heavy (non-hydrogen) atoms. The fourth-order valence-electron chi connectivity index (χ4n) is 2.67. The van der Waals surface area contributed by atoms with Crippen molar-refractivity contribution in [2.45, 2.75) is 24.9 Å². The molecule has 1 aromatic heterocycles. The molecule has 6 heteroatoms. The minimum Gasteiger partial charge on any atom is -0.367 e. The number of nitrogens with zero attached hydrogens (tertiary/aromatic N) is 4. The van der Waals surface area contributed by atoms with Gasteiger partial charge in [-0.15, -0.1) is 22.0 Å². The maximum Gasteiger partial charge on any atom is 0.148 e. The first-order valence-corrected chi connectivity index (χ1v) is 8.87. The van der Waals surface area contributed by atoms with E-state index in [4.69, 9.17) is 0 Å². The quantitative estimate of drug-likeness (QED) is 0.810. The van der Waals surface area contributed by atoms with Crippen LogP contribution < -0.4 is 5.32 Å². The maximum absolute atomic E-state index is 4.23. The van der Waals surface area contributed by atoms with Gasteiger partial charge in [0.2, 0.25) is 0 Å². The van der Waals surface area contributed by atoms with Gasteiger partial charge in [-0.2, -0.15) is 0 Å².